The summed E-state index contributed by atoms with van der Waals surface area (Å²) in [7, 11) is 3.41. The molecule has 0 saturated carbocycles. The van der Waals surface area contributed by atoms with Gasteiger partial charge < -0.3 is 15.5 Å². The van der Waals surface area contributed by atoms with Crippen LogP contribution in [0.4, 0.5) is 5.69 Å². The number of nitrogens with zero attached hydrogens (tertiary/aromatic N) is 1. The van der Waals surface area contributed by atoms with Gasteiger partial charge in [-0.2, -0.15) is 0 Å². The standard InChI is InChI=1S/C14H19N3O2.ClH/c1-17(2)13(18)6-8-16-14(19)11-3-4-12-10(9-11)5-7-15-12;/h3-4,9,15H,5-8H2,1-2H3,(H,16,19);1H. The molecule has 0 spiro atoms. The topological polar surface area (TPSA) is 61.4 Å². The summed E-state index contributed by atoms with van der Waals surface area (Å²) in [6.07, 6.45) is 1.28. The summed E-state index contributed by atoms with van der Waals surface area (Å²) in [6.45, 7) is 1.29. The van der Waals surface area contributed by atoms with Gasteiger partial charge in [-0.15, -0.1) is 12.4 Å². The van der Waals surface area contributed by atoms with Crippen molar-refractivity contribution in [1.29, 1.82) is 0 Å². The molecule has 2 rings (SSSR count). The smallest absolute Gasteiger partial charge is 0.251 e. The molecule has 1 heterocycles. The zero-order valence-electron chi connectivity index (χ0n) is 11.7. The Labute approximate surface area is 125 Å². The minimum absolute atomic E-state index is 0. The molecule has 1 aliphatic heterocycles. The number of carbonyl (C=O) groups is 2. The molecule has 1 aromatic rings. The predicted molar refractivity (Wildman–Crippen MR) is 81.5 cm³/mol. The van der Waals surface area contributed by atoms with Gasteiger partial charge in [0.2, 0.25) is 5.91 Å². The summed E-state index contributed by atoms with van der Waals surface area (Å²) in [5, 5.41) is 6.02. The summed E-state index contributed by atoms with van der Waals surface area (Å²) in [5.41, 5.74) is 2.94. The molecule has 0 saturated heterocycles. The number of hydrogen-bond acceptors (Lipinski definition) is 3. The van der Waals surface area contributed by atoms with E-state index in [0.717, 1.165) is 18.7 Å². The Morgan fingerprint density at radius 3 is 2.80 bits per heavy atom. The Morgan fingerprint density at radius 2 is 2.10 bits per heavy atom. The highest BCUT2D eigenvalue weighted by Gasteiger charge is 2.13. The van der Waals surface area contributed by atoms with Crippen molar-refractivity contribution in [2.75, 3.05) is 32.5 Å². The normalized spacial score (nSPS) is 11.9. The van der Waals surface area contributed by atoms with Gasteiger partial charge in [-0.25, -0.2) is 0 Å². The molecule has 0 aromatic heterocycles. The highest BCUT2D eigenvalue weighted by atomic mass is 35.5. The molecule has 2 N–H and O–H groups in total. The van der Waals surface area contributed by atoms with Gasteiger partial charge in [0.1, 0.15) is 0 Å². The van der Waals surface area contributed by atoms with E-state index in [2.05, 4.69) is 10.6 Å². The van der Waals surface area contributed by atoms with Crippen LogP contribution in [0, 0.1) is 0 Å². The maximum atomic E-state index is 11.9. The molecule has 0 radical (unpaired) electrons. The first-order valence-corrected chi connectivity index (χ1v) is 6.43. The van der Waals surface area contributed by atoms with Crippen LogP contribution < -0.4 is 10.6 Å². The fourth-order valence-electron chi connectivity index (χ4n) is 2.05. The van der Waals surface area contributed by atoms with Crippen molar-refractivity contribution in [3.8, 4) is 0 Å². The Morgan fingerprint density at radius 1 is 1.35 bits per heavy atom. The van der Waals surface area contributed by atoms with Crippen molar-refractivity contribution < 1.29 is 9.59 Å². The van der Waals surface area contributed by atoms with Crippen LogP contribution in [-0.4, -0.2) is 43.9 Å². The monoisotopic (exact) mass is 297 g/mol. The highest BCUT2D eigenvalue weighted by molar-refractivity contribution is 5.95. The van der Waals surface area contributed by atoms with Gasteiger partial charge in [0, 0.05) is 44.9 Å². The van der Waals surface area contributed by atoms with Gasteiger partial charge in [0.25, 0.3) is 5.91 Å². The zero-order valence-corrected chi connectivity index (χ0v) is 12.5. The lowest BCUT2D eigenvalue weighted by atomic mass is 10.1. The Hall–Kier alpha value is -1.75. The fourth-order valence-corrected chi connectivity index (χ4v) is 2.05. The van der Waals surface area contributed by atoms with Gasteiger partial charge in [-0.3, -0.25) is 9.59 Å². The van der Waals surface area contributed by atoms with Crippen molar-refractivity contribution >= 4 is 29.9 Å². The molecule has 0 fully saturated rings. The molecule has 2 amide bonds. The fraction of sp³-hybridized carbons (Fsp3) is 0.429. The maximum Gasteiger partial charge on any atom is 0.251 e. The van der Waals surface area contributed by atoms with Gasteiger partial charge in [0.05, 0.1) is 0 Å². The van der Waals surface area contributed by atoms with E-state index in [0.29, 0.717) is 18.5 Å². The van der Waals surface area contributed by atoms with Gasteiger partial charge in [-0.05, 0) is 30.2 Å². The van der Waals surface area contributed by atoms with E-state index in [1.54, 1.807) is 20.2 Å². The quantitative estimate of drug-likeness (QED) is 0.880. The molecule has 1 aliphatic rings. The predicted octanol–water partition coefficient (Wildman–Crippen LogP) is 1.28. The summed E-state index contributed by atoms with van der Waals surface area (Å²) < 4.78 is 0. The molecule has 5 nitrogen and oxygen atoms in total. The summed E-state index contributed by atoms with van der Waals surface area (Å²) in [5.74, 6) is -0.111. The highest BCUT2D eigenvalue weighted by Crippen LogP contribution is 2.22. The van der Waals surface area contributed by atoms with Crippen molar-refractivity contribution in [3.05, 3.63) is 29.3 Å². The summed E-state index contributed by atoms with van der Waals surface area (Å²) >= 11 is 0. The van der Waals surface area contributed by atoms with Crippen molar-refractivity contribution in [3.63, 3.8) is 0 Å². The number of amides is 2. The number of carbonyl (C=O) groups excluding carboxylic acids is 2. The van der Waals surface area contributed by atoms with E-state index in [4.69, 9.17) is 0 Å². The van der Waals surface area contributed by atoms with Crippen LogP contribution in [0.25, 0.3) is 0 Å². The lowest BCUT2D eigenvalue weighted by Gasteiger charge is -2.11. The zero-order chi connectivity index (χ0) is 13.8. The molecule has 0 unspecified atom stereocenters. The van der Waals surface area contributed by atoms with Crippen LogP contribution in [0.3, 0.4) is 0 Å². The summed E-state index contributed by atoms with van der Waals surface area (Å²) in [4.78, 5) is 24.8. The second-order valence-corrected chi connectivity index (χ2v) is 4.84. The number of anilines is 1. The maximum absolute atomic E-state index is 11.9. The van der Waals surface area contributed by atoms with E-state index < -0.39 is 0 Å². The molecular weight excluding hydrogens is 278 g/mol. The van der Waals surface area contributed by atoms with E-state index in [1.807, 2.05) is 12.1 Å². The van der Waals surface area contributed by atoms with Crippen LogP contribution in [0.15, 0.2) is 18.2 Å². The molecule has 1 aromatic carbocycles. The molecular formula is C14H20ClN3O2. The van der Waals surface area contributed by atoms with Gasteiger partial charge in [-0.1, -0.05) is 0 Å². The Kier molecular flexibility index (Phi) is 5.82. The Bertz CT molecular complexity index is 503. The average molecular weight is 298 g/mol. The van der Waals surface area contributed by atoms with Crippen molar-refractivity contribution in [2.45, 2.75) is 12.8 Å². The third-order valence-corrected chi connectivity index (χ3v) is 3.20. The minimum atomic E-state index is -0.124. The molecule has 110 valence electrons. The number of fused-ring (bicyclic) bond motifs is 1. The third kappa shape index (κ3) is 3.87. The average Bonchev–Trinajstić information content (AvgIpc) is 2.85. The first-order chi connectivity index (χ1) is 9.08. The first kappa shape index (κ1) is 16.3. The number of hydrogen-bond donors (Lipinski definition) is 2. The number of benzene rings is 1. The van der Waals surface area contributed by atoms with Crippen molar-refractivity contribution in [1.82, 2.24) is 10.2 Å². The van der Waals surface area contributed by atoms with E-state index in [1.165, 1.54) is 10.5 Å². The lowest BCUT2D eigenvalue weighted by Crippen LogP contribution is -2.30. The third-order valence-electron chi connectivity index (χ3n) is 3.20. The number of nitrogens with one attached hydrogen (secondary N) is 2. The van der Waals surface area contributed by atoms with E-state index >= 15 is 0 Å². The van der Waals surface area contributed by atoms with Crippen LogP contribution in [0.2, 0.25) is 0 Å². The number of halogens is 1. The molecule has 20 heavy (non-hydrogen) atoms. The SMILES string of the molecule is CN(C)C(=O)CCNC(=O)c1ccc2c(c1)CCN2.Cl. The number of rotatable bonds is 4. The second-order valence-electron chi connectivity index (χ2n) is 4.84. The molecule has 0 atom stereocenters. The first-order valence-electron chi connectivity index (χ1n) is 6.43. The molecule has 0 aliphatic carbocycles. The van der Waals surface area contributed by atoms with Crippen LogP contribution in [0.5, 0.6) is 0 Å². The van der Waals surface area contributed by atoms with E-state index in [-0.39, 0.29) is 24.2 Å². The van der Waals surface area contributed by atoms with Crippen molar-refractivity contribution in [2.24, 2.45) is 0 Å². The second kappa shape index (κ2) is 7.14. The van der Waals surface area contributed by atoms with Gasteiger partial charge >= 0.3 is 0 Å². The largest absolute Gasteiger partial charge is 0.384 e. The van der Waals surface area contributed by atoms with E-state index in [9.17, 15) is 9.59 Å². The molecule has 0 bridgehead atoms. The lowest BCUT2D eigenvalue weighted by molar-refractivity contribution is -0.128. The summed E-state index contributed by atoms with van der Waals surface area (Å²) in [6, 6.07) is 5.65. The van der Waals surface area contributed by atoms with Crippen LogP contribution in [0.1, 0.15) is 22.3 Å². The minimum Gasteiger partial charge on any atom is -0.384 e. The van der Waals surface area contributed by atoms with Crippen LogP contribution in [-0.2, 0) is 11.2 Å². The van der Waals surface area contributed by atoms with Gasteiger partial charge in [0.15, 0.2) is 0 Å². The Balaban J connectivity index is 0.00000200. The molecule has 6 heteroatoms. The van der Waals surface area contributed by atoms with Crippen LogP contribution >= 0.6 is 12.4 Å².